The van der Waals surface area contributed by atoms with Crippen LogP contribution in [0.3, 0.4) is 0 Å². The Hall–Kier alpha value is -3.65. The maximum atomic E-state index is 12.9. The minimum absolute atomic E-state index is 0.0471. The molecule has 0 aromatic heterocycles. The van der Waals surface area contributed by atoms with Crippen molar-refractivity contribution in [1.29, 1.82) is 0 Å². The SMILES string of the molecule is CCC.CCC.CSCCC(NC(=O)c1ccc(CNC(C)C)cc1)C(=O)NCC(=O)NC(CCCCNC(=O)NCCCCCC(=O)C(C)C)C(=O)O. The highest BCUT2D eigenvalue weighted by Gasteiger charge is 2.24. The summed E-state index contributed by atoms with van der Waals surface area (Å²) in [6.07, 6.45) is 8.81. The van der Waals surface area contributed by atoms with Crippen molar-refractivity contribution in [1.82, 2.24) is 31.9 Å². The molecule has 0 aliphatic heterocycles. The molecule has 5 amide bonds. The number of thioether (sulfide) groups is 1. The first-order valence-corrected chi connectivity index (χ1v) is 21.0. The number of benzene rings is 1. The summed E-state index contributed by atoms with van der Waals surface area (Å²) < 4.78 is 0. The van der Waals surface area contributed by atoms with E-state index in [1.807, 2.05) is 46.1 Å². The lowest BCUT2D eigenvalue weighted by Gasteiger charge is -2.19. The molecule has 0 aliphatic carbocycles. The van der Waals surface area contributed by atoms with E-state index in [0.29, 0.717) is 62.7 Å². The molecule has 0 saturated carbocycles. The van der Waals surface area contributed by atoms with Gasteiger partial charge in [0.25, 0.3) is 5.91 Å². The summed E-state index contributed by atoms with van der Waals surface area (Å²) in [7, 11) is 0. The zero-order chi connectivity index (χ0) is 41.3. The predicted molar refractivity (Wildman–Crippen MR) is 221 cm³/mol. The zero-order valence-corrected chi connectivity index (χ0v) is 35.3. The molecule has 1 aromatic carbocycles. The van der Waals surface area contributed by atoms with Gasteiger partial charge in [-0.1, -0.05) is 86.8 Å². The Kier molecular flexibility index (Phi) is 32.9. The molecule has 14 heteroatoms. The molecule has 0 radical (unpaired) electrons. The van der Waals surface area contributed by atoms with Crippen LogP contribution in [0, 0.1) is 5.92 Å². The molecule has 0 fully saturated rings. The second-order valence-electron chi connectivity index (χ2n) is 13.7. The second-order valence-corrected chi connectivity index (χ2v) is 14.7. The molecule has 0 bridgehead atoms. The van der Waals surface area contributed by atoms with Crippen LogP contribution in [0.15, 0.2) is 24.3 Å². The third-order valence-electron chi connectivity index (χ3n) is 7.45. The number of carbonyl (C=O) groups excluding carboxylic acids is 5. The van der Waals surface area contributed by atoms with Crippen LogP contribution in [-0.4, -0.2) is 90.4 Å². The van der Waals surface area contributed by atoms with Crippen molar-refractivity contribution in [3.05, 3.63) is 35.4 Å². The van der Waals surface area contributed by atoms with E-state index < -0.39 is 42.3 Å². The summed E-state index contributed by atoms with van der Waals surface area (Å²) in [4.78, 5) is 73.6. The van der Waals surface area contributed by atoms with Crippen LogP contribution in [-0.2, 0) is 25.7 Å². The van der Waals surface area contributed by atoms with E-state index in [0.717, 1.165) is 24.8 Å². The number of hydrogen-bond acceptors (Lipinski definition) is 8. The summed E-state index contributed by atoms with van der Waals surface area (Å²) >= 11 is 1.52. The van der Waals surface area contributed by atoms with Gasteiger partial charge in [0, 0.05) is 43.6 Å². The van der Waals surface area contributed by atoms with Gasteiger partial charge in [-0.15, -0.1) is 0 Å². The fourth-order valence-electron chi connectivity index (χ4n) is 4.46. The highest BCUT2D eigenvalue weighted by molar-refractivity contribution is 7.98. The van der Waals surface area contributed by atoms with Gasteiger partial charge in [-0.25, -0.2) is 9.59 Å². The Morgan fingerprint density at radius 1 is 0.722 bits per heavy atom. The van der Waals surface area contributed by atoms with Gasteiger partial charge in [0.1, 0.15) is 17.9 Å². The number of unbranched alkanes of at least 4 members (excludes halogenated alkanes) is 3. The molecule has 0 saturated heterocycles. The van der Waals surface area contributed by atoms with Crippen molar-refractivity contribution in [2.45, 2.75) is 144 Å². The molecular weight excluding hydrogens is 709 g/mol. The van der Waals surface area contributed by atoms with Gasteiger partial charge in [-0.05, 0) is 68.2 Å². The standard InChI is InChI=1S/C34H56N6O7S.2C3H8/c1-23(2)29(41)12-7-6-9-18-35-34(47)36-19-10-8-11-28(33(45)46)39-30(42)22-38-32(44)27(17-20-48-5)40-31(43)26-15-13-25(14-16-26)21-37-24(3)4;2*1-3-2/h13-16,23-24,27-28,37H,6-12,17-22H2,1-5H3,(H,38,44)(H,39,42)(H,40,43)(H,45,46)(H2,35,36,47);2*3H2,1-2H3. The number of amides is 5. The van der Waals surface area contributed by atoms with Crippen LogP contribution < -0.4 is 31.9 Å². The molecular formula is C40H72N6O7S. The number of urea groups is 1. The summed E-state index contributed by atoms with van der Waals surface area (Å²) in [5, 5.41) is 26.0. The Morgan fingerprint density at radius 3 is 1.81 bits per heavy atom. The summed E-state index contributed by atoms with van der Waals surface area (Å²) in [5.41, 5.74) is 1.43. The van der Waals surface area contributed by atoms with Crippen molar-refractivity contribution in [3.63, 3.8) is 0 Å². The van der Waals surface area contributed by atoms with Crippen molar-refractivity contribution in [2.24, 2.45) is 5.92 Å². The van der Waals surface area contributed by atoms with Crippen LogP contribution in [0.4, 0.5) is 4.79 Å². The smallest absolute Gasteiger partial charge is 0.326 e. The van der Waals surface area contributed by atoms with Gasteiger partial charge in [0.2, 0.25) is 11.8 Å². The third-order valence-corrected chi connectivity index (χ3v) is 8.10. The highest BCUT2D eigenvalue weighted by Crippen LogP contribution is 2.08. The molecule has 310 valence electrons. The normalized spacial score (nSPS) is 11.5. The Labute approximate surface area is 329 Å². The number of Topliss-reactive ketones (excluding diaryl/α,β-unsaturated/α-hetero) is 1. The van der Waals surface area contributed by atoms with E-state index in [9.17, 15) is 33.9 Å². The first-order valence-electron chi connectivity index (χ1n) is 19.6. The maximum absolute atomic E-state index is 12.9. The zero-order valence-electron chi connectivity index (χ0n) is 34.5. The second kappa shape index (κ2) is 33.9. The largest absolute Gasteiger partial charge is 0.480 e. The van der Waals surface area contributed by atoms with Crippen molar-refractivity contribution in [2.75, 3.05) is 31.6 Å². The molecule has 1 aromatic rings. The Bertz CT molecular complexity index is 1200. The molecule has 2 unspecified atom stereocenters. The summed E-state index contributed by atoms with van der Waals surface area (Å²) in [6, 6.07) is 5.08. The van der Waals surface area contributed by atoms with Crippen molar-refractivity contribution >= 4 is 47.3 Å². The van der Waals surface area contributed by atoms with Crippen LogP contribution in [0.2, 0.25) is 0 Å². The molecule has 54 heavy (non-hydrogen) atoms. The molecule has 0 aliphatic rings. The Morgan fingerprint density at radius 2 is 1.30 bits per heavy atom. The van der Waals surface area contributed by atoms with Gasteiger partial charge >= 0.3 is 12.0 Å². The lowest BCUT2D eigenvalue weighted by Crippen LogP contribution is -2.51. The number of hydrogen-bond donors (Lipinski definition) is 7. The molecule has 1 rings (SSSR count). The van der Waals surface area contributed by atoms with E-state index in [4.69, 9.17) is 0 Å². The average molecular weight is 781 g/mol. The number of aliphatic carboxylic acids is 1. The van der Waals surface area contributed by atoms with Gasteiger partial charge < -0.3 is 37.0 Å². The molecule has 2 atom stereocenters. The van der Waals surface area contributed by atoms with Crippen molar-refractivity contribution < 1.29 is 33.9 Å². The van der Waals surface area contributed by atoms with E-state index in [-0.39, 0.29) is 24.2 Å². The topological polar surface area (TPSA) is 195 Å². The summed E-state index contributed by atoms with van der Waals surface area (Å²) in [6.45, 7) is 17.4. The lowest BCUT2D eigenvalue weighted by molar-refractivity contribution is -0.142. The van der Waals surface area contributed by atoms with Crippen LogP contribution >= 0.6 is 11.8 Å². The van der Waals surface area contributed by atoms with E-state index >= 15 is 0 Å². The first-order chi connectivity index (χ1) is 25.7. The predicted octanol–water partition coefficient (Wildman–Crippen LogP) is 5.81. The fraction of sp³-hybridized carbons (Fsp3) is 0.700. The molecule has 0 spiro atoms. The lowest BCUT2D eigenvalue weighted by atomic mass is 10.0. The van der Waals surface area contributed by atoms with Crippen molar-refractivity contribution in [3.8, 4) is 0 Å². The van der Waals surface area contributed by atoms with Gasteiger partial charge in [0.15, 0.2) is 0 Å². The molecule has 0 heterocycles. The molecule has 13 nitrogen and oxygen atoms in total. The van der Waals surface area contributed by atoms with Crippen LogP contribution in [0.1, 0.15) is 136 Å². The molecule has 7 N–H and O–H groups in total. The fourth-order valence-corrected chi connectivity index (χ4v) is 4.94. The number of carboxylic acids is 1. The van der Waals surface area contributed by atoms with Gasteiger partial charge in [-0.2, -0.15) is 11.8 Å². The summed E-state index contributed by atoms with van der Waals surface area (Å²) in [5.74, 6) is -1.92. The number of carboxylic acid groups (broad SMARTS) is 1. The number of carbonyl (C=O) groups is 6. The number of ketones is 1. The Balaban J connectivity index is 0. The van der Waals surface area contributed by atoms with Gasteiger partial charge in [-0.3, -0.25) is 19.2 Å². The average Bonchev–Trinajstić information content (AvgIpc) is 3.12. The minimum atomic E-state index is -1.20. The third kappa shape index (κ3) is 28.8. The number of rotatable bonds is 25. The van der Waals surface area contributed by atoms with Crippen LogP contribution in [0.5, 0.6) is 0 Å². The monoisotopic (exact) mass is 781 g/mol. The maximum Gasteiger partial charge on any atom is 0.326 e. The minimum Gasteiger partial charge on any atom is -0.480 e. The van der Waals surface area contributed by atoms with Gasteiger partial charge in [0.05, 0.1) is 6.54 Å². The van der Waals surface area contributed by atoms with Crippen LogP contribution in [0.25, 0.3) is 0 Å². The van der Waals surface area contributed by atoms with E-state index in [1.165, 1.54) is 24.6 Å². The first kappa shape index (κ1) is 52.5. The highest BCUT2D eigenvalue weighted by atomic mass is 32.2. The van der Waals surface area contributed by atoms with E-state index in [1.54, 1.807) is 12.1 Å². The number of nitrogens with one attached hydrogen (secondary N) is 6. The van der Waals surface area contributed by atoms with E-state index in [2.05, 4.69) is 59.6 Å². The quantitative estimate of drug-likeness (QED) is 0.0600.